The van der Waals surface area contributed by atoms with Crippen LogP contribution in [0.15, 0.2) is 18.2 Å². The minimum atomic E-state index is -0.454. The normalized spacial score (nSPS) is 28.9. The van der Waals surface area contributed by atoms with Crippen molar-refractivity contribution in [3.8, 4) is 0 Å². The maximum atomic E-state index is 11.5. The summed E-state index contributed by atoms with van der Waals surface area (Å²) in [5.41, 5.74) is 1.58. The van der Waals surface area contributed by atoms with Crippen molar-refractivity contribution in [3.05, 3.63) is 34.3 Å². The maximum absolute atomic E-state index is 11.5. The van der Waals surface area contributed by atoms with Gasteiger partial charge in [-0.1, -0.05) is 82.0 Å². The molecular weight excluding hydrogens is 375 g/mol. The molecule has 0 N–H and O–H groups in total. The minimum Gasteiger partial charge on any atom is -0.276 e. The van der Waals surface area contributed by atoms with Gasteiger partial charge in [0.25, 0.3) is 5.24 Å². The van der Waals surface area contributed by atoms with Crippen LogP contribution >= 0.6 is 23.2 Å². The fourth-order valence-corrected chi connectivity index (χ4v) is 6.04. The van der Waals surface area contributed by atoms with E-state index in [-0.39, 0.29) is 0 Å². The molecule has 27 heavy (non-hydrogen) atoms. The first-order chi connectivity index (χ1) is 13.1. The molecule has 1 nitrogen and oxygen atoms in total. The van der Waals surface area contributed by atoms with Crippen molar-refractivity contribution in [2.75, 3.05) is 0 Å². The van der Waals surface area contributed by atoms with Gasteiger partial charge in [0.1, 0.15) is 0 Å². The second-order valence-corrected chi connectivity index (χ2v) is 9.67. The first kappa shape index (κ1) is 21.2. The molecule has 2 aliphatic carbocycles. The third kappa shape index (κ3) is 5.73. The molecule has 0 heterocycles. The van der Waals surface area contributed by atoms with Gasteiger partial charge in [-0.25, -0.2) is 0 Å². The molecule has 150 valence electrons. The predicted octanol–water partition coefficient (Wildman–Crippen LogP) is 8.38. The average Bonchev–Trinajstić information content (AvgIpc) is 2.68. The summed E-state index contributed by atoms with van der Waals surface area (Å²) in [6.07, 6.45) is 16.5. The van der Waals surface area contributed by atoms with Crippen LogP contribution in [0.25, 0.3) is 0 Å². The molecule has 0 bridgehead atoms. The van der Waals surface area contributed by atoms with E-state index in [0.29, 0.717) is 16.5 Å². The summed E-state index contributed by atoms with van der Waals surface area (Å²) in [5, 5.41) is 0.119. The number of hydrogen-bond acceptors (Lipinski definition) is 1. The van der Waals surface area contributed by atoms with E-state index in [2.05, 4.69) is 13.0 Å². The lowest BCUT2D eigenvalue weighted by Gasteiger charge is -2.32. The molecule has 3 rings (SSSR count). The van der Waals surface area contributed by atoms with Crippen LogP contribution in [0.3, 0.4) is 0 Å². The Morgan fingerprint density at radius 1 is 0.889 bits per heavy atom. The summed E-state index contributed by atoms with van der Waals surface area (Å²) in [4.78, 5) is 11.5. The third-order valence-electron chi connectivity index (χ3n) is 7.17. The van der Waals surface area contributed by atoms with E-state index in [4.69, 9.17) is 23.2 Å². The van der Waals surface area contributed by atoms with E-state index in [9.17, 15) is 4.79 Å². The van der Waals surface area contributed by atoms with Crippen molar-refractivity contribution in [1.29, 1.82) is 0 Å². The van der Waals surface area contributed by atoms with Crippen LogP contribution in [0.1, 0.15) is 106 Å². The van der Waals surface area contributed by atoms with Gasteiger partial charge in [-0.3, -0.25) is 4.79 Å². The van der Waals surface area contributed by atoms with Gasteiger partial charge in [0, 0.05) is 0 Å². The smallest absolute Gasteiger partial charge is 0.253 e. The summed E-state index contributed by atoms with van der Waals surface area (Å²) in [7, 11) is 0. The quantitative estimate of drug-likeness (QED) is 0.413. The van der Waals surface area contributed by atoms with Crippen LogP contribution < -0.4 is 0 Å². The second kappa shape index (κ2) is 10.3. The fourth-order valence-electron chi connectivity index (χ4n) is 5.47. The molecular formula is C24H34Cl2O. The predicted molar refractivity (Wildman–Crippen MR) is 116 cm³/mol. The SMILES string of the molecule is CCC[C@H]1CC[C@H](CC[C@H]2CC[C@H](c3cccc(C(=O)Cl)c3Cl)CC2)CC1. The van der Waals surface area contributed by atoms with Gasteiger partial charge < -0.3 is 0 Å². The molecule has 0 atom stereocenters. The van der Waals surface area contributed by atoms with Crippen LogP contribution in [0.4, 0.5) is 0 Å². The standard InChI is InChI=1S/C24H34Cl2O/c1-2-4-17-7-9-18(10-8-17)11-12-19-13-15-20(16-14-19)21-5-3-6-22(23(21)25)24(26)27/h3,5-6,17-20H,2,4,7-16H2,1H3/t17-,18-,19-,20-. The van der Waals surface area contributed by atoms with Gasteiger partial charge in [0.2, 0.25) is 0 Å². The number of benzene rings is 1. The summed E-state index contributed by atoms with van der Waals surface area (Å²) < 4.78 is 0. The van der Waals surface area contributed by atoms with Crippen LogP contribution in [0, 0.1) is 17.8 Å². The van der Waals surface area contributed by atoms with E-state index in [0.717, 1.165) is 23.3 Å². The van der Waals surface area contributed by atoms with Gasteiger partial charge in [-0.2, -0.15) is 0 Å². The van der Waals surface area contributed by atoms with Crippen molar-refractivity contribution < 1.29 is 4.79 Å². The molecule has 1 aromatic rings. The monoisotopic (exact) mass is 408 g/mol. The number of carbonyl (C=O) groups is 1. The minimum absolute atomic E-state index is 0.454. The molecule has 0 unspecified atom stereocenters. The van der Waals surface area contributed by atoms with Gasteiger partial charge in [-0.15, -0.1) is 0 Å². The molecule has 0 radical (unpaired) electrons. The first-order valence-corrected chi connectivity index (χ1v) is 11.8. The average molecular weight is 409 g/mol. The van der Waals surface area contributed by atoms with Crippen molar-refractivity contribution >= 4 is 28.4 Å². The van der Waals surface area contributed by atoms with E-state index in [1.807, 2.05) is 6.07 Å². The molecule has 3 heteroatoms. The Bertz CT molecular complexity index is 611. The molecule has 2 aliphatic rings. The van der Waals surface area contributed by atoms with Crippen LogP contribution in [-0.2, 0) is 0 Å². The van der Waals surface area contributed by atoms with Crippen molar-refractivity contribution in [3.63, 3.8) is 0 Å². The van der Waals surface area contributed by atoms with Gasteiger partial charge in [0.05, 0.1) is 10.6 Å². The third-order valence-corrected chi connectivity index (χ3v) is 7.80. The zero-order valence-electron chi connectivity index (χ0n) is 16.7. The Morgan fingerprint density at radius 3 is 1.93 bits per heavy atom. The maximum Gasteiger partial charge on any atom is 0.253 e. The van der Waals surface area contributed by atoms with Crippen LogP contribution in [0.2, 0.25) is 5.02 Å². The zero-order chi connectivity index (χ0) is 19.2. The van der Waals surface area contributed by atoms with Gasteiger partial charge in [-0.05, 0) is 72.6 Å². The largest absolute Gasteiger partial charge is 0.276 e. The molecule has 2 fully saturated rings. The molecule has 0 spiro atoms. The summed E-state index contributed by atoms with van der Waals surface area (Å²) in [6.45, 7) is 2.32. The Labute approximate surface area is 175 Å². The highest BCUT2D eigenvalue weighted by Crippen LogP contribution is 2.42. The Morgan fingerprint density at radius 2 is 1.41 bits per heavy atom. The first-order valence-electron chi connectivity index (χ1n) is 11.1. The highest BCUT2D eigenvalue weighted by Gasteiger charge is 2.27. The van der Waals surface area contributed by atoms with E-state index >= 15 is 0 Å². The van der Waals surface area contributed by atoms with E-state index < -0.39 is 5.24 Å². The second-order valence-electron chi connectivity index (χ2n) is 8.95. The molecule has 1 aromatic carbocycles. The number of carbonyl (C=O) groups excluding carboxylic acids is 1. The molecule has 2 saturated carbocycles. The van der Waals surface area contributed by atoms with Crippen LogP contribution in [0.5, 0.6) is 0 Å². The highest BCUT2D eigenvalue weighted by atomic mass is 35.5. The van der Waals surface area contributed by atoms with Crippen LogP contribution in [-0.4, -0.2) is 5.24 Å². The summed E-state index contributed by atoms with van der Waals surface area (Å²) in [5.74, 6) is 3.36. The van der Waals surface area contributed by atoms with Gasteiger partial charge >= 0.3 is 0 Å². The van der Waals surface area contributed by atoms with Crippen molar-refractivity contribution in [2.45, 2.75) is 89.9 Å². The Balaban J connectivity index is 1.43. The molecule has 0 aromatic heterocycles. The lowest BCUT2D eigenvalue weighted by molar-refractivity contribution is 0.108. The van der Waals surface area contributed by atoms with E-state index in [1.54, 1.807) is 6.07 Å². The molecule has 0 aliphatic heterocycles. The number of rotatable bonds is 7. The lowest BCUT2D eigenvalue weighted by atomic mass is 9.74. The number of halogens is 2. The van der Waals surface area contributed by atoms with Gasteiger partial charge in [0.15, 0.2) is 0 Å². The van der Waals surface area contributed by atoms with E-state index in [1.165, 1.54) is 77.0 Å². The summed E-state index contributed by atoms with van der Waals surface area (Å²) >= 11 is 12.1. The highest BCUT2D eigenvalue weighted by molar-refractivity contribution is 6.68. The molecule has 0 amide bonds. The Hall–Kier alpha value is -0.530. The number of hydrogen-bond donors (Lipinski definition) is 0. The van der Waals surface area contributed by atoms with Crippen molar-refractivity contribution in [2.24, 2.45) is 17.8 Å². The summed E-state index contributed by atoms with van der Waals surface area (Å²) in [6, 6.07) is 5.71. The van der Waals surface area contributed by atoms with Crippen molar-refractivity contribution in [1.82, 2.24) is 0 Å². The lowest BCUT2D eigenvalue weighted by Crippen LogP contribution is -2.18. The molecule has 0 saturated heterocycles. The fraction of sp³-hybridized carbons (Fsp3) is 0.708. The Kier molecular flexibility index (Phi) is 8.09. The zero-order valence-corrected chi connectivity index (χ0v) is 18.2. The topological polar surface area (TPSA) is 17.1 Å².